The molecule has 1 N–H and O–H groups in total. The maximum absolute atomic E-state index is 12.6. The van der Waals surface area contributed by atoms with Crippen LogP contribution in [0.4, 0.5) is 0 Å². The summed E-state index contributed by atoms with van der Waals surface area (Å²) >= 11 is 1.42. The Bertz CT molecular complexity index is 1040. The van der Waals surface area contributed by atoms with Gasteiger partial charge in [-0.05, 0) is 58.1 Å². The number of para-hydroxylation sites is 1. The number of aromatic nitrogens is 4. The molecular weight excluding hydrogens is 370 g/mol. The van der Waals surface area contributed by atoms with Gasteiger partial charge in [-0.3, -0.25) is 4.79 Å². The minimum absolute atomic E-state index is 0.0290. The number of nitrogens with zero attached hydrogens (tertiary/aromatic N) is 4. The number of aryl methyl sites for hydroxylation is 1. The number of thioether (sulfide) groups is 1. The van der Waals surface area contributed by atoms with Gasteiger partial charge in [0.25, 0.3) is 0 Å². The highest BCUT2D eigenvalue weighted by Gasteiger charge is 2.19. The molecule has 0 radical (unpaired) electrons. The molecule has 1 atom stereocenters. The predicted octanol–water partition coefficient (Wildman–Crippen LogP) is 4.07. The van der Waals surface area contributed by atoms with E-state index >= 15 is 0 Å². The van der Waals surface area contributed by atoms with Crippen LogP contribution >= 0.6 is 11.8 Å². The Morgan fingerprint density at radius 2 is 2.14 bits per heavy atom. The number of carbonyl (C=O) groups excluding carboxylic acids is 1. The molecule has 0 saturated heterocycles. The van der Waals surface area contributed by atoms with Crippen LogP contribution in [0.25, 0.3) is 16.6 Å². The molecule has 1 aliphatic carbocycles. The van der Waals surface area contributed by atoms with Gasteiger partial charge < -0.3 is 5.32 Å². The van der Waals surface area contributed by atoms with Crippen molar-refractivity contribution in [3.05, 3.63) is 41.7 Å². The molecule has 6 nitrogen and oxygen atoms in total. The molecule has 1 aliphatic rings. The van der Waals surface area contributed by atoms with E-state index in [9.17, 15) is 4.79 Å². The lowest BCUT2D eigenvalue weighted by Gasteiger charge is -2.15. The first-order valence-corrected chi connectivity index (χ1v) is 10.7. The van der Waals surface area contributed by atoms with E-state index in [0.717, 1.165) is 23.0 Å². The van der Waals surface area contributed by atoms with E-state index in [-0.39, 0.29) is 11.2 Å². The summed E-state index contributed by atoms with van der Waals surface area (Å²) < 4.78 is 1.75. The topological polar surface area (TPSA) is 72.2 Å². The quantitative estimate of drug-likeness (QED) is 0.387. The van der Waals surface area contributed by atoms with Crippen molar-refractivity contribution in [2.24, 2.45) is 0 Å². The molecule has 2 aromatic heterocycles. The van der Waals surface area contributed by atoms with Crippen molar-refractivity contribution in [3.8, 4) is 0 Å². The Morgan fingerprint density at radius 3 is 2.96 bits per heavy atom. The van der Waals surface area contributed by atoms with Crippen LogP contribution in [-0.4, -0.2) is 37.3 Å². The molecule has 1 amide bonds. The maximum atomic E-state index is 12.6. The molecule has 4 rings (SSSR count). The monoisotopic (exact) mass is 395 g/mol. The summed E-state index contributed by atoms with van der Waals surface area (Å²) in [5, 5.41) is 8.94. The van der Waals surface area contributed by atoms with Gasteiger partial charge in [-0.1, -0.05) is 35.5 Å². The fourth-order valence-corrected chi connectivity index (χ4v) is 4.43. The van der Waals surface area contributed by atoms with Crippen molar-refractivity contribution in [2.45, 2.75) is 56.4 Å². The standard InChI is InChI=1S/C21H25N5OS/c1-14(20(27)22-13-12-16-8-4-3-5-9-16)28-21-24-18-11-7-6-10-17(18)19-23-15(2)25-26(19)21/h6-8,10-11,14H,3-5,9,12-13H2,1-2H3,(H,22,27). The average Bonchev–Trinajstić information content (AvgIpc) is 3.11. The molecule has 0 saturated carbocycles. The minimum atomic E-state index is -0.262. The van der Waals surface area contributed by atoms with Gasteiger partial charge in [0.05, 0.1) is 10.8 Å². The molecule has 0 fully saturated rings. The highest BCUT2D eigenvalue weighted by atomic mass is 32.2. The Kier molecular flexibility index (Phi) is 5.62. The van der Waals surface area contributed by atoms with E-state index in [0.29, 0.717) is 17.5 Å². The summed E-state index contributed by atoms with van der Waals surface area (Å²) in [6.07, 6.45) is 8.19. The number of benzene rings is 1. The van der Waals surface area contributed by atoms with Crippen molar-refractivity contribution >= 4 is 34.2 Å². The van der Waals surface area contributed by atoms with Crippen LogP contribution in [0.15, 0.2) is 41.1 Å². The van der Waals surface area contributed by atoms with Crippen LogP contribution in [0.3, 0.4) is 0 Å². The smallest absolute Gasteiger partial charge is 0.233 e. The summed E-state index contributed by atoms with van der Waals surface area (Å²) in [4.78, 5) is 21.8. The second kappa shape index (κ2) is 8.31. The van der Waals surface area contributed by atoms with Gasteiger partial charge >= 0.3 is 0 Å². The highest BCUT2D eigenvalue weighted by molar-refractivity contribution is 8.00. The third-order valence-electron chi connectivity index (χ3n) is 5.04. The first kappa shape index (κ1) is 18.9. The van der Waals surface area contributed by atoms with Gasteiger partial charge in [-0.2, -0.15) is 4.52 Å². The molecule has 1 unspecified atom stereocenters. The number of amides is 1. The lowest BCUT2D eigenvalue weighted by atomic mass is 9.97. The van der Waals surface area contributed by atoms with Crippen LogP contribution in [0.5, 0.6) is 0 Å². The molecule has 146 valence electrons. The summed E-state index contributed by atoms with van der Waals surface area (Å²) in [5.41, 5.74) is 3.12. The van der Waals surface area contributed by atoms with Crippen molar-refractivity contribution < 1.29 is 4.79 Å². The van der Waals surface area contributed by atoms with Gasteiger partial charge in [-0.15, -0.1) is 5.10 Å². The van der Waals surface area contributed by atoms with E-state index < -0.39 is 0 Å². The summed E-state index contributed by atoms with van der Waals surface area (Å²) in [6, 6.07) is 7.89. The molecule has 0 bridgehead atoms. The van der Waals surface area contributed by atoms with Crippen molar-refractivity contribution in [2.75, 3.05) is 6.54 Å². The third kappa shape index (κ3) is 4.04. The zero-order chi connectivity index (χ0) is 19.5. The number of nitrogens with one attached hydrogen (secondary N) is 1. The Labute approximate surface area is 168 Å². The van der Waals surface area contributed by atoms with Gasteiger partial charge in [-0.25, -0.2) is 9.97 Å². The van der Waals surface area contributed by atoms with Crippen molar-refractivity contribution in [1.82, 2.24) is 24.9 Å². The summed E-state index contributed by atoms with van der Waals surface area (Å²) in [7, 11) is 0. The minimum Gasteiger partial charge on any atom is -0.355 e. The van der Waals surface area contributed by atoms with Crippen LogP contribution in [0, 0.1) is 6.92 Å². The van der Waals surface area contributed by atoms with Crippen LogP contribution in [0.1, 0.15) is 44.9 Å². The van der Waals surface area contributed by atoms with E-state index in [1.807, 2.05) is 38.1 Å². The molecule has 1 aromatic carbocycles. The van der Waals surface area contributed by atoms with Gasteiger partial charge in [0.1, 0.15) is 5.82 Å². The van der Waals surface area contributed by atoms with Crippen molar-refractivity contribution in [1.29, 1.82) is 0 Å². The molecular formula is C21H25N5OS. The second-order valence-corrected chi connectivity index (χ2v) is 8.52. The molecule has 28 heavy (non-hydrogen) atoms. The number of rotatable bonds is 6. The highest BCUT2D eigenvalue weighted by Crippen LogP contribution is 2.26. The fraction of sp³-hybridized carbons (Fsp3) is 0.429. The first-order valence-electron chi connectivity index (χ1n) is 9.86. The SMILES string of the molecule is Cc1nc2c3ccccc3nc(SC(C)C(=O)NCCC3=CCCCC3)n2n1. The van der Waals surface area contributed by atoms with E-state index in [4.69, 9.17) is 4.98 Å². The number of allylic oxidation sites excluding steroid dienone is 1. The lowest BCUT2D eigenvalue weighted by Crippen LogP contribution is -2.32. The summed E-state index contributed by atoms with van der Waals surface area (Å²) in [6.45, 7) is 4.47. The van der Waals surface area contributed by atoms with Crippen LogP contribution < -0.4 is 5.32 Å². The fourth-order valence-electron chi connectivity index (χ4n) is 3.54. The maximum Gasteiger partial charge on any atom is 0.233 e. The summed E-state index contributed by atoms with van der Waals surface area (Å²) in [5.74, 6) is 0.721. The zero-order valence-corrected chi connectivity index (χ0v) is 17.1. The first-order chi connectivity index (χ1) is 13.6. The van der Waals surface area contributed by atoms with Crippen LogP contribution in [0.2, 0.25) is 0 Å². The molecule has 7 heteroatoms. The number of fused-ring (bicyclic) bond motifs is 3. The largest absolute Gasteiger partial charge is 0.355 e. The number of hydrogen-bond acceptors (Lipinski definition) is 5. The predicted molar refractivity (Wildman–Crippen MR) is 113 cm³/mol. The van der Waals surface area contributed by atoms with Gasteiger partial charge in [0, 0.05) is 11.9 Å². The van der Waals surface area contributed by atoms with E-state index in [1.54, 1.807) is 4.52 Å². The molecule has 3 aromatic rings. The van der Waals surface area contributed by atoms with Gasteiger partial charge in [0.2, 0.25) is 5.91 Å². The van der Waals surface area contributed by atoms with E-state index in [2.05, 4.69) is 21.5 Å². The van der Waals surface area contributed by atoms with Gasteiger partial charge in [0.15, 0.2) is 10.8 Å². The van der Waals surface area contributed by atoms with Crippen molar-refractivity contribution in [3.63, 3.8) is 0 Å². The normalized spacial score (nSPS) is 15.6. The molecule has 2 heterocycles. The lowest BCUT2D eigenvalue weighted by molar-refractivity contribution is -0.120. The average molecular weight is 396 g/mol. The molecule has 0 aliphatic heterocycles. The number of hydrogen-bond donors (Lipinski definition) is 1. The molecule has 0 spiro atoms. The zero-order valence-electron chi connectivity index (χ0n) is 16.3. The van der Waals surface area contributed by atoms with Crippen LogP contribution in [-0.2, 0) is 4.79 Å². The Morgan fingerprint density at radius 1 is 1.29 bits per heavy atom. The van der Waals surface area contributed by atoms with E-state index in [1.165, 1.54) is 43.0 Å². The Balaban J connectivity index is 1.47. The number of carbonyl (C=O) groups is 1. The second-order valence-electron chi connectivity index (χ2n) is 7.22. The Hall–Kier alpha value is -2.41. The third-order valence-corrected chi connectivity index (χ3v) is 6.08.